The van der Waals surface area contributed by atoms with Crippen LogP contribution in [0.4, 0.5) is 0 Å². The molecule has 1 saturated carbocycles. The summed E-state index contributed by atoms with van der Waals surface area (Å²) in [5.41, 5.74) is 2.99. The molecule has 5 heteroatoms. The lowest BCUT2D eigenvalue weighted by atomic mass is 10.1. The molecule has 1 N–H and O–H groups in total. The van der Waals surface area contributed by atoms with Crippen LogP contribution < -0.4 is 10.9 Å². The Labute approximate surface area is 135 Å². The standard InChI is InChI=1S/C18H21N3O2/c1-13-3-2-4-14(9-13)10-17(22)19-7-8-21-12-20-16(11-18(21)23)15-5-6-15/h2-4,9,11-12,15H,5-8,10H2,1H3,(H,19,22). The fraction of sp³-hybridized carbons (Fsp3) is 0.389. The molecule has 1 aromatic heterocycles. The fourth-order valence-corrected chi connectivity index (χ4v) is 2.60. The normalized spacial score (nSPS) is 13.8. The van der Waals surface area contributed by atoms with Gasteiger partial charge in [0.15, 0.2) is 0 Å². The van der Waals surface area contributed by atoms with Crippen LogP contribution in [0.3, 0.4) is 0 Å². The number of nitrogens with one attached hydrogen (secondary N) is 1. The van der Waals surface area contributed by atoms with Gasteiger partial charge in [-0.3, -0.25) is 14.2 Å². The second-order valence-electron chi connectivity index (χ2n) is 6.14. The quantitative estimate of drug-likeness (QED) is 0.884. The number of hydrogen-bond donors (Lipinski definition) is 1. The highest BCUT2D eigenvalue weighted by Gasteiger charge is 2.25. The second kappa shape index (κ2) is 6.77. The summed E-state index contributed by atoms with van der Waals surface area (Å²) in [7, 11) is 0. The van der Waals surface area contributed by atoms with E-state index in [-0.39, 0.29) is 11.5 Å². The van der Waals surface area contributed by atoms with Crippen molar-refractivity contribution in [2.75, 3.05) is 6.54 Å². The maximum absolute atomic E-state index is 12.0. The van der Waals surface area contributed by atoms with Crippen LogP contribution in [-0.4, -0.2) is 22.0 Å². The predicted octanol–water partition coefficient (Wildman–Crippen LogP) is 1.79. The number of hydrogen-bond acceptors (Lipinski definition) is 3. The minimum absolute atomic E-state index is 0.0359. The van der Waals surface area contributed by atoms with E-state index in [0.717, 1.165) is 29.7 Å². The van der Waals surface area contributed by atoms with E-state index in [1.165, 1.54) is 0 Å². The van der Waals surface area contributed by atoms with E-state index in [9.17, 15) is 9.59 Å². The van der Waals surface area contributed by atoms with Gasteiger partial charge >= 0.3 is 0 Å². The monoisotopic (exact) mass is 311 g/mol. The summed E-state index contributed by atoms with van der Waals surface area (Å²) in [6, 6.07) is 9.52. The molecule has 1 aromatic carbocycles. The molecule has 0 saturated heterocycles. The third-order valence-electron chi connectivity index (χ3n) is 4.02. The van der Waals surface area contributed by atoms with Crippen LogP contribution in [0, 0.1) is 6.92 Å². The Bertz CT molecular complexity index is 763. The van der Waals surface area contributed by atoms with Gasteiger partial charge in [-0.2, -0.15) is 0 Å². The highest BCUT2D eigenvalue weighted by atomic mass is 16.1. The molecule has 1 amide bonds. The molecule has 0 unspecified atom stereocenters. The van der Waals surface area contributed by atoms with Crippen molar-refractivity contribution in [3.05, 3.63) is 63.8 Å². The first-order valence-corrected chi connectivity index (χ1v) is 8.00. The van der Waals surface area contributed by atoms with Gasteiger partial charge in [0.1, 0.15) is 0 Å². The van der Waals surface area contributed by atoms with Gasteiger partial charge in [0.05, 0.1) is 18.4 Å². The Morgan fingerprint density at radius 1 is 1.35 bits per heavy atom. The van der Waals surface area contributed by atoms with Crippen molar-refractivity contribution < 1.29 is 4.79 Å². The average molecular weight is 311 g/mol. The number of aromatic nitrogens is 2. The van der Waals surface area contributed by atoms with Crippen LogP contribution >= 0.6 is 0 Å². The Kier molecular flexibility index (Phi) is 4.55. The summed E-state index contributed by atoms with van der Waals surface area (Å²) >= 11 is 0. The van der Waals surface area contributed by atoms with Crippen molar-refractivity contribution in [1.82, 2.24) is 14.9 Å². The number of rotatable bonds is 6. The third kappa shape index (κ3) is 4.28. The van der Waals surface area contributed by atoms with Gasteiger partial charge in [0.25, 0.3) is 5.56 Å². The minimum atomic E-state index is -0.0465. The largest absolute Gasteiger partial charge is 0.354 e. The lowest BCUT2D eigenvalue weighted by molar-refractivity contribution is -0.120. The lowest BCUT2D eigenvalue weighted by Gasteiger charge is -2.08. The number of amides is 1. The zero-order chi connectivity index (χ0) is 16.2. The fourth-order valence-electron chi connectivity index (χ4n) is 2.60. The zero-order valence-electron chi connectivity index (χ0n) is 13.3. The van der Waals surface area contributed by atoms with Gasteiger partial charge in [-0.15, -0.1) is 0 Å². The number of carbonyl (C=O) groups excluding carboxylic acids is 1. The molecule has 5 nitrogen and oxygen atoms in total. The van der Waals surface area contributed by atoms with E-state index in [4.69, 9.17) is 0 Å². The molecule has 1 heterocycles. The smallest absolute Gasteiger partial charge is 0.253 e. The first-order valence-electron chi connectivity index (χ1n) is 8.00. The number of nitrogens with zero attached hydrogens (tertiary/aromatic N) is 2. The molecule has 0 radical (unpaired) electrons. The van der Waals surface area contributed by atoms with Crippen molar-refractivity contribution in [2.45, 2.75) is 38.6 Å². The van der Waals surface area contributed by atoms with Crippen LogP contribution in [0.2, 0.25) is 0 Å². The van der Waals surface area contributed by atoms with Crippen LogP contribution in [0.25, 0.3) is 0 Å². The number of aryl methyl sites for hydroxylation is 1. The summed E-state index contributed by atoms with van der Waals surface area (Å²) in [5, 5.41) is 2.85. The molecule has 1 aliphatic carbocycles. The summed E-state index contributed by atoms with van der Waals surface area (Å²) in [4.78, 5) is 28.3. The molecular weight excluding hydrogens is 290 g/mol. The molecule has 1 fully saturated rings. The van der Waals surface area contributed by atoms with Crippen molar-refractivity contribution in [1.29, 1.82) is 0 Å². The molecule has 1 aliphatic rings. The first kappa shape index (κ1) is 15.5. The van der Waals surface area contributed by atoms with E-state index in [0.29, 0.717) is 25.4 Å². The second-order valence-corrected chi connectivity index (χ2v) is 6.14. The summed E-state index contributed by atoms with van der Waals surface area (Å²) < 4.78 is 1.54. The van der Waals surface area contributed by atoms with E-state index >= 15 is 0 Å². The van der Waals surface area contributed by atoms with Crippen LogP contribution in [0.5, 0.6) is 0 Å². The molecule has 0 aliphatic heterocycles. The summed E-state index contributed by atoms with van der Waals surface area (Å²) in [6.45, 7) is 2.87. The highest BCUT2D eigenvalue weighted by Crippen LogP contribution is 2.38. The van der Waals surface area contributed by atoms with Crippen molar-refractivity contribution >= 4 is 5.91 Å². The van der Waals surface area contributed by atoms with Crippen LogP contribution in [-0.2, 0) is 17.8 Å². The lowest BCUT2D eigenvalue weighted by Crippen LogP contribution is -2.31. The maximum atomic E-state index is 12.0. The topological polar surface area (TPSA) is 64.0 Å². The Balaban J connectivity index is 1.49. The maximum Gasteiger partial charge on any atom is 0.253 e. The van der Waals surface area contributed by atoms with Crippen molar-refractivity contribution in [3.63, 3.8) is 0 Å². The van der Waals surface area contributed by atoms with Gasteiger partial charge in [0.2, 0.25) is 5.91 Å². The highest BCUT2D eigenvalue weighted by molar-refractivity contribution is 5.78. The van der Waals surface area contributed by atoms with E-state index < -0.39 is 0 Å². The van der Waals surface area contributed by atoms with Gasteiger partial charge in [-0.25, -0.2) is 4.98 Å². The van der Waals surface area contributed by atoms with Crippen LogP contribution in [0.1, 0.15) is 35.6 Å². The van der Waals surface area contributed by atoms with Crippen molar-refractivity contribution in [2.24, 2.45) is 0 Å². The summed E-state index contributed by atoms with van der Waals surface area (Å²) in [6.07, 6.45) is 4.20. The van der Waals surface area contributed by atoms with Crippen LogP contribution in [0.15, 0.2) is 41.5 Å². The Morgan fingerprint density at radius 3 is 2.87 bits per heavy atom. The first-order chi connectivity index (χ1) is 11.1. The molecule has 3 rings (SSSR count). The minimum Gasteiger partial charge on any atom is -0.354 e. The molecule has 0 bridgehead atoms. The van der Waals surface area contributed by atoms with E-state index in [1.807, 2.05) is 31.2 Å². The molecule has 23 heavy (non-hydrogen) atoms. The van der Waals surface area contributed by atoms with E-state index in [2.05, 4.69) is 10.3 Å². The SMILES string of the molecule is Cc1cccc(CC(=O)NCCn2cnc(C3CC3)cc2=O)c1. The molecule has 2 aromatic rings. The van der Waals surface area contributed by atoms with Crippen molar-refractivity contribution in [3.8, 4) is 0 Å². The molecule has 0 spiro atoms. The number of benzene rings is 1. The summed E-state index contributed by atoms with van der Waals surface area (Å²) in [5.74, 6) is 0.442. The van der Waals surface area contributed by atoms with E-state index in [1.54, 1.807) is 17.0 Å². The molecule has 0 atom stereocenters. The van der Waals surface area contributed by atoms with Gasteiger partial charge in [0, 0.05) is 25.1 Å². The average Bonchev–Trinajstić information content (AvgIpc) is 3.33. The van der Waals surface area contributed by atoms with Gasteiger partial charge in [-0.1, -0.05) is 29.8 Å². The third-order valence-corrected chi connectivity index (χ3v) is 4.02. The Hall–Kier alpha value is -2.43. The zero-order valence-corrected chi connectivity index (χ0v) is 13.3. The molecule has 120 valence electrons. The van der Waals surface area contributed by atoms with Gasteiger partial charge in [-0.05, 0) is 25.3 Å². The van der Waals surface area contributed by atoms with Gasteiger partial charge < -0.3 is 5.32 Å². The predicted molar refractivity (Wildman–Crippen MR) is 88.4 cm³/mol. The Morgan fingerprint density at radius 2 is 2.17 bits per heavy atom. The number of carbonyl (C=O) groups is 1. The molecular formula is C18H21N3O2.